The lowest BCUT2D eigenvalue weighted by atomic mass is 10.2. The van der Waals surface area contributed by atoms with Gasteiger partial charge in [0.15, 0.2) is 4.80 Å². The lowest BCUT2D eigenvalue weighted by molar-refractivity contribution is -0.141. The SMILES string of the molecule is COC(=O)Cn1c(=NC(=O)c2ccccc2OC)sc2cc(S(N)(=O)=O)ccc21. The molecule has 152 valence electrons. The third-order valence-electron chi connectivity index (χ3n) is 4.03. The number of esters is 1. The molecule has 9 nitrogen and oxygen atoms in total. The Balaban J connectivity index is 2.21. The molecule has 0 atom stereocenters. The van der Waals surface area contributed by atoms with Crippen LogP contribution in [0, 0.1) is 0 Å². The number of ether oxygens (including phenoxy) is 2. The first kappa shape index (κ1) is 20.7. The Morgan fingerprint density at radius 3 is 2.55 bits per heavy atom. The number of thiazole rings is 1. The Kier molecular flexibility index (Phi) is 5.82. The molecule has 29 heavy (non-hydrogen) atoms. The Morgan fingerprint density at radius 1 is 1.17 bits per heavy atom. The molecule has 0 radical (unpaired) electrons. The van der Waals surface area contributed by atoms with Gasteiger partial charge in [0.1, 0.15) is 12.3 Å². The number of benzene rings is 2. The summed E-state index contributed by atoms with van der Waals surface area (Å²) < 4.78 is 35.1. The predicted molar refractivity (Wildman–Crippen MR) is 106 cm³/mol. The van der Waals surface area contributed by atoms with Crippen molar-refractivity contribution in [3.05, 3.63) is 52.8 Å². The topological polar surface area (TPSA) is 130 Å². The van der Waals surface area contributed by atoms with Gasteiger partial charge >= 0.3 is 5.97 Å². The second-order valence-electron chi connectivity index (χ2n) is 5.84. The quantitative estimate of drug-likeness (QED) is 0.601. The van der Waals surface area contributed by atoms with Gasteiger partial charge in [0, 0.05) is 0 Å². The van der Waals surface area contributed by atoms with Crippen molar-refractivity contribution in [3.8, 4) is 5.75 Å². The van der Waals surface area contributed by atoms with E-state index in [0.29, 0.717) is 16.0 Å². The largest absolute Gasteiger partial charge is 0.496 e. The number of hydrogen-bond acceptors (Lipinski definition) is 7. The third-order valence-corrected chi connectivity index (χ3v) is 5.98. The zero-order chi connectivity index (χ0) is 21.2. The van der Waals surface area contributed by atoms with Crippen LogP contribution in [0.3, 0.4) is 0 Å². The molecule has 0 bridgehead atoms. The van der Waals surface area contributed by atoms with Gasteiger partial charge in [0.05, 0.1) is 34.9 Å². The number of hydrogen-bond donors (Lipinski definition) is 1. The molecule has 0 saturated carbocycles. The lowest BCUT2D eigenvalue weighted by Gasteiger charge is -2.05. The van der Waals surface area contributed by atoms with E-state index in [4.69, 9.17) is 14.6 Å². The molecule has 11 heteroatoms. The van der Waals surface area contributed by atoms with Crippen LogP contribution >= 0.6 is 11.3 Å². The van der Waals surface area contributed by atoms with E-state index in [-0.39, 0.29) is 21.8 Å². The number of fused-ring (bicyclic) bond motifs is 1. The molecule has 0 unspecified atom stereocenters. The highest BCUT2D eigenvalue weighted by atomic mass is 32.2. The van der Waals surface area contributed by atoms with Crippen LogP contribution in [0.4, 0.5) is 0 Å². The highest BCUT2D eigenvalue weighted by Gasteiger charge is 2.16. The van der Waals surface area contributed by atoms with E-state index < -0.39 is 21.9 Å². The summed E-state index contributed by atoms with van der Waals surface area (Å²) in [5.74, 6) is -0.760. The van der Waals surface area contributed by atoms with Gasteiger partial charge in [-0.25, -0.2) is 13.6 Å². The van der Waals surface area contributed by atoms with E-state index in [2.05, 4.69) is 4.99 Å². The minimum absolute atomic E-state index is 0.0842. The molecule has 1 aromatic heterocycles. The van der Waals surface area contributed by atoms with Crippen molar-refractivity contribution in [3.63, 3.8) is 0 Å². The highest BCUT2D eigenvalue weighted by molar-refractivity contribution is 7.89. The third kappa shape index (κ3) is 4.36. The molecule has 2 aromatic carbocycles. The number of rotatable bonds is 5. The number of methoxy groups -OCH3 is 2. The summed E-state index contributed by atoms with van der Waals surface area (Å²) in [5, 5.41) is 5.19. The van der Waals surface area contributed by atoms with Crippen LogP contribution < -0.4 is 14.7 Å². The summed E-state index contributed by atoms with van der Waals surface area (Å²) in [5.41, 5.74) is 0.765. The first-order chi connectivity index (χ1) is 13.7. The maximum absolute atomic E-state index is 12.7. The van der Waals surface area contributed by atoms with Crippen molar-refractivity contribution in [2.75, 3.05) is 14.2 Å². The number of nitrogens with two attached hydrogens (primary N) is 1. The van der Waals surface area contributed by atoms with Gasteiger partial charge in [-0.2, -0.15) is 4.99 Å². The first-order valence-corrected chi connectivity index (χ1v) is 10.6. The van der Waals surface area contributed by atoms with E-state index >= 15 is 0 Å². The van der Waals surface area contributed by atoms with Crippen molar-refractivity contribution in [1.82, 2.24) is 4.57 Å². The van der Waals surface area contributed by atoms with Crippen LogP contribution in [0.15, 0.2) is 52.4 Å². The Morgan fingerprint density at radius 2 is 1.90 bits per heavy atom. The minimum Gasteiger partial charge on any atom is -0.496 e. The molecule has 1 heterocycles. The maximum atomic E-state index is 12.7. The number of aromatic nitrogens is 1. The summed E-state index contributed by atoms with van der Waals surface area (Å²) in [7, 11) is -1.22. The van der Waals surface area contributed by atoms with Crippen molar-refractivity contribution in [2.45, 2.75) is 11.4 Å². The molecule has 1 amide bonds. The Labute approximate surface area is 170 Å². The standard InChI is InChI=1S/C18H17N3O6S2/c1-26-14-6-4-3-5-12(14)17(23)20-18-21(10-16(22)27-2)13-8-7-11(29(19,24)25)9-15(13)28-18/h3-9H,10H2,1-2H3,(H2,19,24,25). The van der Waals surface area contributed by atoms with E-state index in [0.717, 1.165) is 11.3 Å². The molecular weight excluding hydrogens is 418 g/mol. The van der Waals surface area contributed by atoms with E-state index in [9.17, 15) is 18.0 Å². The Bertz CT molecular complexity index is 1270. The minimum atomic E-state index is -3.91. The van der Waals surface area contributed by atoms with E-state index in [1.54, 1.807) is 24.3 Å². The number of para-hydroxylation sites is 1. The van der Waals surface area contributed by atoms with E-state index in [1.807, 2.05) is 0 Å². The van der Waals surface area contributed by atoms with E-state index in [1.165, 1.54) is 37.0 Å². The van der Waals surface area contributed by atoms with Gasteiger partial charge in [-0.1, -0.05) is 23.5 Å². The molecule has 3 rings (SSSR count). The highest BCUT2D eigenvalue weighted by Crippen LogP contribution is 2.22. The number of amides is 1. The smallest absolute Gasteiger partial charge is 0.325 e. The second kappa shape index (κ2) is 8.15. The number of carbonyl (C=O) groups excluding carboxylic acids is 2. The zero-order valence-corrected chi connectivity index (χ0v) is 17.1. The fourth-order valence-corrected chi connectivity index (χ4v) is 4.31. The molecule has 0 saturated heterocycles. The molecule has 0 aliphatic heterocycles. The average Bonchev–Trinajstić information content (AvgIpc) is 3.03. The van der Waals surface area contributed by atoms with Crippen LogP contribution in [-0.4, -0.2) is 39.1 Å². The van der Waals surface area contributed by atoms with Gasteiger partial charge in [0.25, 0.3) is 5.91 Å². The van der Waals surface area contributed by atoms with Gasteiger partial charge in [-0.05, 0) is 30.3 Å². The van der Waals surface area contributed by atoms with Crippen LogP contribution in [0.1, 0.15) is 10.4 Å². The number of primary sulfonamides is 1. The summed E-state index contributed by atoms with van der Waals surface area (Å²) in [6.45, 7) is -0.205. The molecular formula is C18H17N3O6S2. The molecule has 0 aliphatic carbocycles. The lowest BCUT2D eigenvalue weighted by Crippen LogP contribution is -2.22. The van der Waals surface area contributed by atoms with Gasteiger partial charge in [-0.15, -0.1) is 0 Å². The average molecular weight is 435 g/mol. The van der Waals surface area contributed by atoms with Crippen molar-refractivity contribution in [1.29, 1.82) is 0 Å². The monoisotopic (exact) mass is 435 g/mol. The van der Waals surface area contributed by atoms with Crippen molar-refractivity contribution < 1.29 is 27.5 Å². The fourth-order valence-electron chi connectivity index (χ4n) is 2.63. The van der Waals surface area contributed by atoms with Crippen molar-refractivity contribution >= 4 is 43.5 Å². The molecule has 0 fully saturated rings. The van der Waals surface area contributed by atoms with Crippen molar-refractivity contribution in [2.24, 2.45) is 10.1 Å². The summed E-state index contributed by atoms with van der Waals surface area (Å²) in [4.78, 5) is 28.8. The van der Waals surface area contributed by atoms with Gasteiger partial charge in [-0.3, -0.25) is 9.59 Å². The van der Waals surface area contributed by atoms with Crippen LogP contribution in [0.25, 0.3) is 10.2 Å². The summed E-state index contributed by atoms with van der Waals surface area (Å²) in [6, 6.07) is 10.8. The second-order valence-corrected chi connectivity index (χ2v) is 8.41. The summed E-state index contributed by atoms with van der Waals surface area (Å²) >= 11 is 1.05. The summed E-state index contributed by atoms with van der Waals surface area (Å²) in [6.07, 6.45) is 0. The van der Waals surface area contributed by atoms with Crippen LogP contribution in [-0.2, 0) is 26.1 Å². The van der Waals surface area contributed by atoms with Crippen LogP contribution in [0.2, 0.25) is 0 Å². The number of sulfonamides is 1. The van der Waals surface area contributed by atoms with Crippen LogP contribution in [0.5, 0.6) is 5.75 Å². The molecule has 2 N–H and O–H groups in total. The molecule has 3 aromatic rings. The van der Waals surface area contributed by atoms with Gasteiger partial charge < -0.3 is 14.0 Å². The molecule has 0 spiro atoms. The normalized spacial score (nSPS) is 12.2. The predicted octanol–water partition coefficient (Wildman–Crippen LogP) is 1.27. The zero-order valence-electron chi connectivity index (χ0n) is 15.5. The first-order valence-electron chi connectivity index (χ1n) is 8.19. The van der Waals surface area contributed by atoms with Gasteiger partial charge in [0.2, 0.25) is 10.0 Å². The Hall–Kier alpha value is -3.02. The maximum Gasteiger partial charge on any atom is 0.325 e. The number of carbonyl (C=O) groups is 2. The fraction of sp³-hybridized carbons (Fsp3) is 0.167. The number of nitrogens with zero attached hydrogens (tertiary/aromatic N) is 2. The molecule has 0 aliphatic rings.